The lowest BCUT2D eigenvalue weighted by atomic mass is 10.0. The molecule has 1 unspecified atom stereocenters. The van der Waals surface area contributed by atoms with Gasteiger partial charge in [0.15, 0.2) is 0 Å². The minimum absolute atomic E-state index is 0.178. The average Bonchev–Trinajstić information content (AvgIpc) is 1.87. The maximum Gasteiger partial charge on any atom is 0.136 e. The van der Waals surface area contributed by atoms with Gasteiger partial charge in [-0.1, -0.05) is 13.8 Å². The van der Waals surface area contributed by atoms with E-state index < -0.39 is 0 Å². The first-order chi connectivity index (χ1) is 4.95. The van der Waals surface area contributed by atoms with Gasteiger partial charge in [0, 0.05) is 18.4 Å². The molecule has 0 N–H and O–H groups in total. The van der Waals surface area contributed by atoms with Gasteiger partial charge >= 0.3 is 0 Å². The van der Waals surface area contributed by atoms with Crippen molar-refractivity contribution < 1.29 is 4.79 Å². The van der Waals surface area contributed by atoms with Crippen LogP contribution < -0.4 is 0 Å². The summed E-state index contributed by atoms with van der Waals surface area (Å²) in [6.07, 6.45) is 0.671. The highest BCUT2D eigenvalue weighted by Crippen LogP contribution is 2.05. The minimum Gasteiger partial charge on any atom is -0.306 e. The van der Waals surface area contributed by atoms with Gasteiger partial charge in [-0.3, -0.25) is 4.79 Å². The molecule has 11 heavy (non-hydrogen) atoms. The maximum atomic E-state index is 11.2. The number of carbonyl (C=O) groups excluding carboxylic acids is 1. The normalized spacial score (nSPS) is 14.1. The Bertz CT molecular complexity index is 130. The van der Waals surface area contributed by atoms with Gasteiger partial charge in [0.1, 0.15) is 5.78 Å². The van der Waals surface area contributed by atoms with Crippen LogP contribution in [0.2, 0.25) is 0 Å². The smallest absolute Gasteiger partial charge is 0.136 e. The fraction of sp³-hybridized carbons (Fsp3) is 0.889. The van der Waals surface area contributed by atoms with Crippen molar-refractivity contribution in [2.24, 2.45) is 5.92 Å². The summed E-state index contributed by atoms with van der Waals surface area (Å²) in [4.78, 5) is 13.3. The standard InChI is InChI=1S/C9H19NO/c1-7(2)9(11)6-8(3)10(4)5/h7-8H,6H2,1-5H3. The van der Waals surface area contributed by atoms with Crippen LogP contribution >= 0.6 is 0 Å². The van der Waals surface area contributed by atoms with Crippen molar-refractivity contribution in [3.63, 3.8) is 0 Å². The lowest BCUT2D eigenvalue weighted by Gasteiger charge is -2.19. The van der Waals surface area contributed by atoms with Gasteiger partial charge in [-0.15, -0.1) is 0 Å². The summed E-state index contributed by atoms with van der Waals surface area (Å²) in [5.41, 5.74) is 0. The van der Waals surface area contributed by atoms with Crippen molar-refractivity contribution >= 4 is 5.78 Å². The summed E-state index contributed by atoms with van der Waals surface area (Å²) >= 11 is 0. The first-order valence-corrected chi connectivity index (χ1v) is 4.14. The zero-order valence-electron chi connectivity index (χ0n) is 8.22. The molecule has 0 aliphatic heterocycles. The number of hydrogen-bond acceptors (Lipinski definition) is 2. The van der Waals surface area contributed by atoms with Crippen LogP contribution in [0.5, 0.6) is 0 Å². The zero-order valence-corrected chi connectivity index (χ0v) is 8.22. The average molecular weight is 157 g/mol. The number of carbonyl (C=O) groups is 1. The van der Waals surface area contributed by atoms with Crippen LogP contribution in [0.1, 0.15) is 27.2 Å². The topological polar surface area (TPSA) is 20.3 Å². The molecule has 0 aromatic heterocycles. The van der Waals surface area contributed by atoms with E-state index in [0.29, 0.717) is 18.2 Å². The molecular formula is C9H19NO. The SMILES string of the molecule is CC(C)C(=O)CC(C)N(C)C. The van der Waals surface area contributed by atoms with E-state index in [9.17, 15) is 4.79 Å². The number of ketones is 1. The van der Waals surface area contributed by atoms with E-state index in [4.69, 9.17) is 0 Å². The van der Waals surface area contributed by atoms with Gasteiger partial charge in [0.05, 0.1) is 0 Å². The molecule has 0 saturated carbocycles. The van der Waals surface area contributed by atoms with E-state index in [0.717, 1.165) is 0 Å². The first kappa shape index (κ1) is 10.6. The predicted octanol–water partition coefficient (Wildman–Crippen LogP) is 1.55. The van der Waals surface area contributed by atoms with E-state index in [1.54, 1.807) is 0 Å². The summed E-state index contributed by atoms with van der Waals surface area (Å²) in [6, 6.07) is 0.366. The van der Waals surface area contributed by atoms with Gasteiger partial charge in [0.2, 0.25) is 0 Å². The Balaban J connectivity index is 3.76. The van der Waals surface area contributed by atoms with Crippen molar-refractivity contribution in [3.8, 4) is 0 Å². The van der Waals surface area contributed by atoms with E-state index >= 15 is 0 Å². The molecule has 0 rings (SSSR count). The van der Waals surface area contributed by atoms with Crippen molar-refractivity contribution in [1.82, 2.24) is 4.90 Å². The van der Waals surface area contributed by atoms with Crippen LogP contribution in [0, 0.1) is 5.92 Å². The number of hydrogen-bond donors (Lipinski definition) is 0. The Hall–Kier alpha value is -0.370. The van der Waals surface area contributed by atoms with Crippen molar-refractivity contribution in [1.29, 1.82) is 0 Å². The third-order valence-corrected chi connectivity index (χ3v) is 2.02. The van der Waals surface area contributed by atoms with E-state index in [1.165, 1.54) is 0 Å². The van der Waals surface area contributed by atoms with E-state index in [1.807, 2.05) is 27.9 Å². The molecule has 2 nitrogen and oxygen atoms in total. The molecule has 0 saturated heterocycles. The Labute approximate surface area is 69.6 Å². The Morgan fingerprint density at radius 3 is 2.00 bits per heavy atom. The summed E-state index contributed by atoms with van der Waals surface area (Å²) < 4.78 is 0. The summed E-state index contributed by atoms with van der Waals surface area (Å²) in [7, 11) is 4.00. The second-order valence-electron chi connectivity index (χ2n) is 3.64. The highest BCUT2D eigenvalue weighted by Gasteiger charge is 2.13. The molecule has 0 aliphatic rings. The molecule has 0 radical (unpaired) electrons. The summed E-state index contributed by atoms with van der Waals surface area (Å²) in [6.45, 7) is 5.97. The molecular weight excluding hydrogens is 138 g/mol. The molecule has 0 aromatic carbocycles. The molecule has 0 aliphatic carbocycles. The van der Waals surface area contributed by atoms with Crippen LogP contribution in [0.3, 0.4) is 0 Å². The van der Waals surface area contributed by atoms with Crippen LogP contribution in [0.25, 0.3) is 0 Å². The van der Waals surface area contributed by atoms with Crippen molar-refractivity contribution in [3.05, 3.63) is 0 Å². The van der Waals surface area contributed by atoms with Crippen LogP contribution in [0.4, 0.5) is 0 Å². The van der Waals surface area contributed by atoms with E-state index in [2.05, 4.69) is 11.8 Å². The molecule has 0 aromatic rings. The molecule has 0 bridgehead atoms. The molecule has 2 heteroatoms. The number of nitrogens with zero attached hydrogens (tertiary/aromatic N) is 1. The third-order valence-electron chi connectivity index (χ3n) is 2.02. The Morgan fingerprint density at radius 2 is 1.73 bits per heavy atom. The molecule has 0 spiro atoms. The van der Waals surface area contributed by atoms with Gasteiger partial charge in [-0.2, -0.15) is 0 Å². The molecule has 1 atom stereocenters. The number of rotatable bonds is 4. The maximum absolute atomic E-state index is 11.2. The van der Waals surface area contributed by atoms with Crippen LogP contribution in [0.15, 0.2) is 0 Å². The second-order valence-corrected chi connectivity index (χ2v) is 3.64. The predicted molar refractivity (Wildman–Crippen MR) is 47.6 cm³/mol. The fourth-order valence-corrected chi connectivity index (χ4v) is 0.709. The zero-order chi connectivity index (χ0) is 9.02. The molecule has 0 fully saturated rings. The highest BCUT2D eigenvalue weighted by atomic mass is 16.1. The fourth-order valence-electron chi connectivity index (χ4n) is 0.709. The molecule has 0 amide bonds. The van der Waals surface area contributed by atoms with Gasteiger partial charge in [-0.05, 0) is 21.0 Å². The summed E-state index contributed by atoms with van der Waals surface area (Å²) in [5.74, 6) is 0.531. The van der Waals surface area contributed by atoms with Gasteiger partial charge in [-0.25, -0.2) is 0 Å². The molecule has 0 heterocycles. The third kappa shape index (κ3) is 4.14. The van der Waals surface area contributed by atoms with Gasteiger partial charge in [0.25, 0.3) is 0 Å². The monoisotopic (exact) mass is 157 g/mol. The minimum atomic E-state index is 0.178. The first-order valence-electron chi connectivity index (χ1n) is 4.14. The van der Waals surface area contributed by atoms with Gasteiger partial charge < -0.3 is 4.90 Å². The van der Waals surface area contributed by atoms with Crippen LogP contribution in [-0.2, 0) is 4.79 Å². The highest BCUT2D eigenvalue weighted by molar-refractivity contribution is 5.80. The Morgan fingerprint density at radius 1 is 1.27 bits per heavy atom. The van der Waals surface area contributed by atoms with E-state index in [-0.39, 0.29) is 5.92 Å². The lowest BCUT2D eigenvalue weighted by molar-refractivity contribution is -0.122. The molecule has 66 valence electrons. The van der Waals surface area contributed by atoms with Crippen LogP contribution in [-0.4, -0.2) is 30.8 Å². The quantitative estimate of drug-likeness (QED) is 0.617. The largest absolute Gasteiger partial charge is 0.306 e. The van der Waals surface area contributed by atoms with Crippen molar-refractivity contribution in [2.45, 2.75) is 33.2 Å². The summed E-state index contributed by atoms with van der Waals surface area (Å²) in [5, 5.41) is 0. The lowest BCUT2D eigenvalue weighted by Crippen LogP contribution is -2.28. The number of Topliss-reactive ketones (excluding diaryl/α,β-unsaturated/α-hetero) is 1. The second kappa shape index (κ2) is 4.50. The van der Waals surface area contributed by atoms with Crippen molar-refractivity contribution in [2.75, 3.05) is 14.1 Å². The Kier molecular flexibility index (Phi) is 4.34.